The lowest BCUT2D eigenvalue weighted by Crippen LogP contribution is -2.50. The zero-order valence-corrected chi connectivity index (χ0v) is 15.8. The monoisotopic (exact) mass is 350 g/mol. The van der Waals surface area contributed by atoms with Crippen LogP contribution in [-0.4, -0.2) is 54.2 Å². The molecule has 0 unspecified atom stereocenters. The van der Waals surface area contributed by atoms with E-state index < -0.39 is 0 Å². The third-order valence-corrected chi connectivity index (χ3v) is 5.10. The molecule has 1 heterocycles. The van der Waals surface area contributed by atoms with Gasteiger partial charge >= 0.3 is 0 Å². The van der Waals surface area contributed by atoms with Crippen LogP contribution in [0.15, 0.2) is 42.5 Å². The largest absolute Gasteiger partial charge is 0.336 e. The van der Waals surface area contributed by atoms with E-state index in [1.54, 1.807) is 0 Å². The van der Waals surface area contributed by atoms with Crippen molar-refractivity contribution in [2.24, 2.45) is 0 Å². The molecule has 1 aliphatic rings. The average Bonchev–Trinajstić information content (AvgIpc) is 2.64. The lowest BCUT2D eigenvalue weighted by molar-refractivity contribution is 0.0623. The van der Waals surface area contributed by atoms with E-state index in [-0.39, 0.29) is 11.7 Å². The Morgan fingerprint density at radius 3 is 2.19 bits per heavy atom. The number of nitrogens with zero attached hydrogens (tertiary/aromatic N) is 2. The smallest absolute Gasteiger partial charge is 0.254 e. The first-order valence-electron chi connectivity index (χ1n) is 9.13. The molecule has 26 heavy (non-hydrogen) atoms. The Kier molecular flexibility index (Phi) is 5.52. The molecule has 0 radical (unpaired) electrons. The molecule has 136 valence electrons. The van der Waals surface area contributed by atoms with Crippen molar-refractivity contribution >= 4 is 11.7 Å². The third-order valence-electron chi connectivity index (χ3n) is 5.10. The molecule has 1 fully saturated rings. The molecule has 2 aromatic rings. The molecule has 0 N–H and O–H groups in total. The Labute approximate surface area is 155 Å². The van der Waals surface area contributed by atoms with E-state index in [2.05, 4.69) is 4.90 Å². The molecule has 2 aromatic carbocycles. The summed E-state index contributed by atoms with van der Waals surface area (Å²) in [6.45, 7) is 9.14. The van der Waals surface area contributed by atoms with Crippen LogP contribution in [-0.2, 0) is 0 Å². The molecule has 0 aliphatic carbocycles. The fourth-order valence-corrected chi connectivity index (χ4v) is 3.42. The van der Waals surface area contributed by atoms with E-state index in [1.807, 2.05) is 68.1 Å². The van der Waals surface area contributed by atoms with Gasteiger partial charge < -0.3 is 4.90 Å². The highest BCUT2D eigenvalue weighted by Crippen LogP contribution is 2.15. The first kappa shape index (κ1) is 18.3. The molecular formula is C22H26N2O2. The summed E-state index contributed by atoms with van der Waals surface area (Å²) < 4.78 is 0. The van der Waals surface area contributed by atoms with Gasteiger partial charge in [-0.1, -0.05) is 35.9 Å². The first-order chi connectivity index (χ1) is 12.5. The van der Waals surface area contributed by atoms with Crippen molar-refractivity contribution in [2.75, 3.05) is 32.7 Å². The van der Waals surface area contributed by atoms with Gasteiger partial charge in [-0.25, -0.2) is 0 Å². The van der Waals surface area contributed by atoms with Crippen molar-refractivity contribution in [3.05, 3.63) is 70.3 Å². The predicted molar refractivity (Wildman–Crippen MR) is 104 cm³/mol. The van der Waals surface area contributed by atoms with E-state index in [0.29, 0.717) is 19.6 Å². The zero-order valence-electron chi connectivity index (χ0n) is 15.8. The summed E-state index contributed by atoms with van der Waals surface area (Å²) in [6.07, 6.45) is 0. The van der Waals surface area contributed by atoms with Crippen molar-refractivity contribution in [2.45, 2.75) is 20.8 Å². The molecule has 0 saturated carbocycles. The minimum Gasteiger partial charge on any atom is -0.336 e. The van der Waals surface area contributed by atoms with Crippen LogP contribution in [0.2, 0.25) is 0 Å². The van der Waals surface area contributed by atoms with Gasteiger partial charge in [0.2, 0.25) is 0 Å². The summed E-state index contributed by atoms with van der Waals surface area (Å²) in [7, 11) is 0. The maximum absolute atomic E-state index is 12.7. The quantitative estimate of drug-likeness (QED) is 0.795. The molecule has 1 saturated heterocycles. The van der Waals surface area contributed by atoms with Gasteiger partial charge in [0.1, 0.15) is 0 Å². The molecule has 0 aromatic heterocycles. The SMILES string of the molecule is Cc1ccc(C)c(C(=O)CN2CCN(C(=O)c3ccccc3C)CC2)c1. The van der Waals surface area contributed by atoms with Gasteiger partial charge in [0.25, 0.3) is 5.91 Å². The van der Waals surface area contributed by atoms with Crippen LogP contribution < -0.4 is 0 Å². The van der Waals surface area contributed by atoms with Crippen molar-refractivity contribution in [3.8, 4) is 0 Å². The normalized spacial score (nSPS) is 15.1. The van der Waals surface area contributed by atoms with Crippen LogP contribution in [0.5, 0.6) is 0 Å². The summed E-state index contributed by atoms with van der Waals surface area (Å²) in [5.41, 5.74) is 4.71. The number of benzene rings is 2. The lowest BCUT2D eigenvalue weighted by Gasteiger charge is -2.34. The van der Waals surface area contributed by atoms with Crippen LogP contribution in [0.3, 0.4) is 0 Å². The van der Waals surface area contributed by atoms with Gasteiger partial charge in [0, 0.05) is 37.3 Å². The summed E-state index contributed by atoms with van der Waals surface area (Å²) in [6, 6.07) is 13.7. The number of piperazine rings is 1. The number of aryl methyl sites for hydroxylation is 3. The third kappa shape index (κ3) is 4.02. The second kappa shape index (κ2) is 7.83. The van der Waals surface area contributed by atoms with Crippen LogP contribution in [0.1, 0.15) is 37.4 Å². The van der Waals surface area contributed by atoms with Crippen molar-refractivity contribution in [3.63, 3.8) is 0 Å². The van der Waals surface area contributed by atoms with Crippen LogP contribution >= 0.6 is 0 Å². The van der Waals surface area contributed by atoms with Gasteiger partial charge in [-0.15, -0.1) is 0 Å². The Balaban J connectivity index is 1.59. The molecule has 1 amide bonds. The molecule has 4 heteroatoms. The maximum atomic E-state index is 12.7. The first-order valence-corrected chi connectivity index (χ1v) is 9.13. The molecule has 3 rings (SSSR count). The number of rotatable bonds is 4. The van der Waals surface area contributed by atoms with E-state index in [4.69, 9.17) is 0 Å². The fraction of sp³-hybridized carbons (Fsp3) is 0.364. The molecular weight excluding hydrogens is 324 g/mol. The summed E-state index contributed by atoms with van der Waals surface area (Å²) in [5.74, 6) is 0.244. The Hall–Kier alpha value is -2.46. The van der Waals surface area contributed by atoms with Crippen LogP contribution in [0.4, 0.5) is 0 Å². The van der Waals surface area contributed by atoms with Gasteiger partial charge in [-0.2, -0.15) is 0 Å². The summed E-state index contributed by atoms with van der Waals surface area (Å²) in [5, 5.41) is 0. The molecule has 0 bridgehead atoms. The Bertz CT molecular complexity index is 821. The number of carbonyl (C=O) groups excluding carboxylic acids is 2. The van der Waals surface area contributed by atoms with Crippen LogP contribution in [0, 0.1) is 20.8 Å². The summed E-state index contributed by atoms with van der Waals surface area (Å²) in [4.78, 5) is 29.4. The Morgan fingerprint density at radius 1 is 0.846 bits per heavy atom. The maximum Gasteiger partial charge on any atom is 0.254 e. The van der Waals surface area contributed by atoms with E-state index >= 15 is 0 Å². The molecule has 0 spiro atoms. The minimum absolute atomic E-state index is 0.0867. The number of hydrogen-bond acceptors (Lipinski definition) is 3. The van der Waals surface area contributed by atoms with Crippen molar-refractivity contribution < 1.29 is 9.59 Å². The number of carbonyl (C=O) groups is 2. The van der Waals surface area contributed by atoms with Gasteiger partial charge in [-0.3, -0.25) is 14.5 Å². The average molecular weight is 350 g/mol. The van der Waals surface area contributed by atoms with E-state index in [1.165, 1.54) is 0 Å². The highest BCUT2D eigenvalue weighted by atomic mass is 16.2. The fourth-order valence-electron chi connectivity index (χ4n) is 3.42. The van der Waals surface area contributed by atoms with E-state index in [0.717, 1.165) is 40.9 Å². The Morgan fingerprint density at radius 2 is 1.50 bits per heavy atom. The lowest BCUT2D eigenvalue weighted by atomic mass is 10.0. The predicted octanol–water partition coefficient (Wildman–Crippen LogP) is 3.25. The standard InChI is InChI=1S/C22H26N2O2/c1-16-8-9-18(3)20(14-16)21(25)15-23-10-12-24(13-11-23)22(26)19-7-5-4-6-17(19)2/h4-9,14H,10-13,15H2,1-3H3. The van der Waals surface area contributed by atoms with Gasteiger partial charge in [0.05, 0.1) is 6.54 Å². The summed E-state index contributed by atoms with van der Waals surface area (Å²) >= 11 is 0. The van der Waals surface area contributed by atoms with Crippen molar-refractivity contribution in [1.29, 1.82) is 0 Å². The van der Waals surface area contributed by atoms with Gasteiger partial charge in [0.15, 0.2) is 5.78 Å². The zero-order chi connectivity index (χ0) is 18.7. The molecule has 1 aliphatic heterocycles. The minimum atomic E-state index is 0.0867. The number of hydrogen-bond donors (Lipinski definition) is 0. The van der Waals surface area contributed by atoms with Crippen molar-refractivity contribution in [1.82, 2.24) is 9.80 Å². The highest BCUT2D eigenvalue weighted by molar-refractivity contribution is 5.99. The number of ketones is 1. The number of amides is 1. The molecule has 0 atom stereocenters. The highest BCUT2D eigenvalue weighted by Gasteiger charge is 2.24. The number of Topliss-reactive ketones (excluding diaryl/α,β-unsaturated/α-hetero) is 1. The van der Waals surface area contributed by atoms with Crippen LogP contribution in [0.25, 0.3) is 0 Å². The second-order valence-electron chi connectivity index (χ2n) is 7.12. The van der Waals surface area contributed by atoms with Gasteiger partial charge in [-0.05, 0) is 44.0 Å². The molecule has 4 nitrogen and oxygen atoms in total. The van der Waals surface area contributed by atoms with E-state index in [9.17, 15) is 9.59 Å². The topological polar surface area (TPSA) is 40.6 Å². The second-order valence-corrected chi connectivity index (χ2v) is 7.12.